The molecule has 1 aliphatic heterocycles. The number of urea groups is 1. The van der Waals surface area contributed by atoms with E-state index in [1.165, 1.54) is 11.0 Å². The van der Waals surface area contributed by atoms with Gasteiger partial charge in [0, 0.05) is 31.2 Å². The number of amides is 3. The highest BCUT2D eigenvalue weighted by Crippen LogP contribution is 2.35. The lowest BCUT2D eigenvalue weighted by atomic mass is 10.1. The molecular formula is C17H20ClN7O2. The van der Waals surface area contributed by atoms with Crippen LogP contribution in [0.25, 0.3) is 0 Å². The number of carbonyl (C=O) groups excluding carboxylic acids is 2. The SMILES string of the molecule is O=C(Cn1cnnn1)N1CCN(C(=O)NC2CCc3c(Cl)cccc32)CC1. The molecule has 1 N–H and O–H groups in total. The molecule has 27 heavy (non-hydrogen) atoms. The van der Waals surface area contributed by atoms with Crippen LogP contribution in [0.5, 0.6) is 0 Å². The lowest BCUT2D eigenvalue weighted by Crippen LogP contribution is -2.54. The van der Waals surface area contributed by atoms with Crippen molar-refractivity contribution in [1.82, 2.24) is 35.3 Å². The van der Waals surface area contributed by atoms with Crippen molar-refractivity contribution in [3.05, 3.63) is 40.7 Å². The van der Waals surface area contributed by atoms with Gasteiger partial charge in [0.15, 0.2) is 0 Å². The van der Waals surface area contributed by atoms with Gasteiger partial charge in [-0.15, -0.1) is 5.10 Å². The van der Waals surface area contributed by atoms with Crippen LogP contribution in [-0.2, 0) is 17.8 Å². The van der Waals surface area contributed by atoms with Crippen molar-refractivity contribution in [2.24, 2.45) is 0 Å². The van der Waals surface area contributed by atoms with Crippen molar-refractivity contribution in [3.63, 3.8) is 0 Å². The summed E-state index contributed by atoms with van der Waals surface area (Å²) in [5.41, 5.74) is 2.23. The minimum Gasteiger partial charge on any atom is -0.338 e. The Balaban J connectivity index is 1.29. The molecule has 1 saturated heterocycles. The lowest BCUT2D eigenvalue weighted by molar-refractivity contribution is -0.133. The van der Waals surface area contributed by atoms with Crippen molar-refractivity contribution in [2.75, 3.05) is 26.2 Å². The molecule has 1 fully saturated rings. The standard InChI is InChI=1S/C17H20ClN7O2/c18-14-3-1-2-13-12(14)4-5-15(13)20-17(27)24-8-6-23(7-9-24)16(26)10-25-11-19-21-22-25/h1-3,11,15H,4-10H2,(H,20,27). The maximum absolute atomic E-state index is 12.6. The number of halogens is 1. The molecule has 2 aromatic rings. The second-order valence-electron chi connectivity index (χ2n) is 6.72. The third kappa shape index (κ3) is 3.73. The van der Waals surface area contributed by atoms with E-state index in [9.17, 15) is 9.59 Å². The number of aromatic nitrogens is 4. The Morgan fingerprint density at radius 2 is 1.96 bits per heavy atom. The Hall–Kier alpha value is -2.68. The molecule has 1 aromatic carbocycles. The van der Waals surface area contributed by atoms with E-state index in [1.54, 1.807) is 9.80 Å². The van der Waals surface area contributed by atoms with Crippen LogP contribution in [0.1, 0.15) is 23.6 Å². The first-order chi connectivity index (χ1) is 13.1. The molecule has 9 nitrogen and oxygen atoms in total. The first kappa shape index (κ1) is 17.7. The number of tetrazole rings is 1. The maximum atomic E-state index is 12.6. The molecular weight excluding hydrogens is 370 g/mol. The van der Waals surface area contributed by atoms with E-state index in [1.807, 2.05) is 18.2 Å². The lowest BCUT2D eigenvalue weighted by Gasteiger charge is -2.35. The molecule has 4 rings (SSSR count). The monoisotopic (exact) mass is 389 g/mol. The van der Waals surface area contributed by atoms with Gasteiger partial charge in [0.25, 0.3) is 0 Å². The zero-order valence-electron chi connectivity index (χ0n) is 14.7. The van der Waals surface area contributed by atoms with Crippen molar-refractivity contribution in [1.29, 1.82) is 0 Å². The molecule has 0 saturated carbocycles. The summed E-state index contributed by atoms with van der Waals surface area (Å²) < 4.78 is 1.39. The predicted octanol–water partition coefficient (Wildman–Crippen LogP) is 0.868. The Kier molecular flexibility index (Phi) is 4.93. The van der Waals surface area contributed by atoms with Crippen LogP contribution >= 0.6 is 11.6 Å². The molecule has 1 aliphatic carbocycles. The first-order valence-electron chi connectivity index (χ1n) is 8.93. The number of nitrogens with one attached hydrogen (secondary N) is 1. The topological polar surface area (TPSA) is 96.2 Å². The third-order valence-corrected chi connectivity index (χ3v) is 5.47. The Labute approximate surface area is 161 Å². The van der Waals surface area contributed by atoms with E-state index in [-0.39, 0.29) is 24.5 Å². The van der Waals surface area contributed by atoms with Gasteiger partial charge in [-0.3, -0.25) is 4.79 Å². The highest BCUT2D eigenvalue weighted by Gasteiger charge is 2.29. The van der Waals surface area contributed by atoms with Crippen LogP contribution in [-0.4, -0.2) is 68.1 Å². The fourth-order valence-corrected chi connectivity index (χ4v) is 3.93. The van der Waals surface area contributed by atoms with Gasteiger partial charge in [0.05, 0.1) is 6.04 Å². The van der Waals surface area contributed by atoms with E-state index >= 15 is 0 Å². The zero-order valence-corrected chi connectivity index (χ0v) is 15.5. The number of nitrogens with zero attached hydrogens (tertiary/aromatic N) is 6. The highest BCUT2D eigenvalue weighted by molar-refractivity contribution is 6.31. The van der Waals surface area contributed by atoms with Crippen LogP contribution in [0.15, 0.2) is 24.5 Å². The molecule has 3 amide bonds. The molecule has 1 unspecified atom stereocenters. The van der Waals surface area contributed by atoms with Crippen molar-refractivity contribution >= 4 is 23.5 Å². The fraction of sp³-hybridized carbons (Fsp3) is 0.471. The molecule has 2 aliphatic rings. The minimum atomic E-state index is -0.0969. The number of hydrogen-bond donors (Lipinski definition) is 1. The molecule has 0 bridgehead atoms. The largest absolute Gasteiger partial charge is 0.338 e. The number of piperazine rings is 1. The molecule has 142 valence electrons. The molecule has 1 atom stereocenters. The van der Waals surface area contributed by atoms with Crippen LogP contribution < -0.4 is 5.32 Å². The summed E-state index contributed by atoms with van der Waals surface area (Å²) in [6, 6.07) is 5.72. The second-order valence-corrected chi connectivity index (χ2v) is 7.13. The summed E-state index contributed by atoms with van der Waals surface area (Å²) in [5, 5.41) is 14.6. The molecule has 0 spiro atoms. The van der Waals surface area contributed by atoms with Gasteiger partial charge in [0.2, 0.25) is 5.91 Å². The van der Waals surface area contributed by atoms with Gasteiger partial charge in [-0.05, 0) is 40.5 Å². The van der Waals surface area contributed by atoms with Crippen LogP contribution in [0.3, 0.4) is 0 Å². The molecule has 0 radical (unpaired) electrons. The maximum Gasteiger partial charge on any atom is 0.318 e. The summed E-state index contributed by atoms with van der Waals surface area (Å²) in [7, 11) is 0. The average molecular weight is 390 g/mol. The molecule has 2 heterocycles. The highest BCUT2D eigenvalue weighted by atomic mass is 35.5. The number of benzene rings is 1. The van der Waals surface area contributed by atoms with Crippen molar-refractivity contribution in [3.8, 4) is 0 Å². The van der Waals surface area contributed by atoms with Gasteiger partial charge >= 0.3 is 6.03 Å². The van der Waals surface area contributed by atoms with Crippen molar-refractivity contribution < 1.29 is 9.59 Å². The van der Waals surface area contributed by atoms with Gasteiger partial charge in [-0.1, -0.05) is 23.7 Å². The van der Waals surface area contributed by atoms with Gasteiger partial charge in [-0.2, -0.15) is 0 Å². The Morgan fingerprint density at radius 3 is 2.70 bits per heavy atom. The average Bonchev–Trinajstić information content (AvgIpc) is 3.33. The Bertz CT molecular complexity index is 834. The summed E-state index contributed by atoms with van der Waals surface area (Å²) in [5.74, 6) is -0.0540. The van der Waals surface area contributed by atoms with E-state index in [4.69, 9.17) is 11.6 Å². The predicted molar refractivity (Wildman–Crippen MR) is 97.0 cm³/mol. The van der Waals surface area contributed by atoms with Gasteiger partial charge in [0.1, 0.15) is 12.9 Å². The van der Waals surface area contributed by atoms with E-state index < -0.39 is 0 Å². The Morgan fingerprint density at radius 1 is 1.19 bits per heavy atom. The number of fused-ring (bicyclic) bond motifs is 1. The van der Waals surface area contributed by atoms with Gasteiger partial charge < -0.3 is 15.1 Å². The van der Waals surface area contributed by atoms with E-state index in [2.05, 4.69) is 20.8 Å². The number of hydrogen-bond acceptors (Lipinski definition) is 5. The molecule has 1 aromatic heterocycles. The first-order valence-corrected chi connectivity index (χ1v) is 9.31. The third-order valence-electron chi connectivity index (χ3n) is 5.12. The van der Waals surface area contributed by atoms with Crippen LogP contribution in [0.4, 0.5) is 4.79 Å². The summed E-state index contributed by atoms with van der Waals surface area (Å²) in [6.07, 6.45) is 3.14. The zero-order chi connectivity index (χ0) is 18.8. The number of rotatable bonds is 3. The van der Waals surface area contributed by atoms with Gasteiger partial charge in [-0.25, -0.2) is 9.48 Å². The summed E-state index contributed by atoms with van der Waals surface area (Å²) in [6.45, 7) is 2.12. The van der Waals surface area contributed by atoms with Crippen LogP contribution in [0, 0.1) is 0 Å². The minimum absolute atomic E-state index is 0.00863. The molecule has 10 heteroatoms. The smallest absolute Gasteiger partial charge is 0.318 e. The fourth-order valence-electron chi connectivity index (χ4n) is 3.65. The van der Waals surface area contributed by atoms with Crippen molar-refractivity contribution in [2.45, 2.75) is 25.4 Å². The number of carbonyl (C=O) groups is 2. The normalized spacial score (nSPS) is 19.1. The second kappa shape index (κ2) is 7.51. The van der Waals surface area contributed by atoms with E-state index in [0.29, 0.717) is 26.2 Å². The summed E-state index contributed by atoms with van der Waals surface area (Å²) in [4.78, 5) is 28.4. The quantitative estimate of drug-likeness (QED) is 0.840. The van der Waals surface area contributed by atoms with E-state index in [0.717, 1.165) is 29.0 Å². The summed E-state index contributed by atoms with van der Waals surface area (Å²) >= 11 is 6.24. The van der Waals surface area contributed by atoms with Crippen LogP contribution in [0.2, 0.25) is 5.02 Å².